The van der Waals surface area contributed by atoms with Crippen molar-refractivity contribution in [2.75, 3.05) is 49.6 Å². The molecule has 1 saturated carbocycles. The Hall–Kier alpha value is -3.43. The van der Waals surface area contributed by atoms with E-state index in [1.165, 1.54) is 6.07 Å². The number of amides is 1. The van der Waals surface area contributed by atoms with Crippen LogP contribution >= 0.6 is 11.6 Å². The van der Waals surface area contributed by atoms with Crippen molar-refractivity contribution in [2.24, 2.45) is 0 Å². The van der Waals surface area contributed by atoms with Gasteiger partial charge in [-0.3, -0.25) is 4.79 Å². The van der Waals surface area contributed by atoms with Crippen LogP contribution in [0.3, 0.4) is 0 Å². The first-order chi connectivity index (χ1) is 20.2. The zero-order valence-electron chi connectivity index (χ0n) is 23.5. The number of rotatable bonds is 11. The number of halogens is 4. The van der Waals surface area contributed by atoms with E-state index < -0.39 is 11.7 Å². The molecule has 1 heterocycles. The number of piperazine rings is 1. The van der Waals surface area contributed by atoms with E-state index >= 15 is 0 Å². The maximum absolute atomic E-state index is 13.2. The molecule has 0 spiro atoms. The molecule has 10 heteroatoms. The number of nitrogens with one attached hydrogen (secondary N) is 1. The molecule has 0 atom stereocenters. The number of hydrogen-bond donors (Lipinski definition) is 1. The average Bonchev–Trinajstić information content (AvgIpc) is 2.99. The lowest BCUT2D eigenvalue weighted by Gasteiger charge is -2.36. The lowest BCUT2D eigenvalue weighted by Crippen LogP contribution is -2.50. The molecule has 1 aliphatic carbocycles. The van der Waals surface area contributed by atoms with Gasteiger partial charge in [0.2, 0.25) is 5.91 Å². The van der Waals surface area contributed by atoms with Gasteiger partial charge < -0.3 is 24.6 Å². The largest absolute Gasteiger partial charge is 0.489 e. The Kier molecular flexibility index (Phi) is 11.0. The Balaban J connectivity index is 1.15. The van der Waals surface area contributed by atoms with Crippen molar-refractivity contribution < 1.29 is 27.4 Å². The summed E-state index contributed by atoms with van der Waals surface area (Å²) in [6.07, 6.45) is 3.72. The predicted octanol–water partition coefficient (Wildman–Crippen LogP) is 7.12. The number of benzene rings is 2. The van der Waals surface area contributed by atoms with Crippen molar-refractivity contribution >= 4 is 28.9 Å². The van der Waals surface area contributed by atoms with Gasteiger partial charge in [0, 0.05) is 43.6 Å². The normalized spacial score (nSPS) is 19.8. The third-order valence-electron chi connectivity index (χ3n) is 7.59. The Morgan fingerprint density at radius 3 is 2.31 bits per heavy atom. The number of allylic oxidation sites excluding steroid dienone is 2. The van der Waals surface area contributed by atoms with E-state index in [-0.39, 0.29) is 29.7 Å². The Morgan fingerprint density at radius 1 is 1.00 bits per heavy atom. The molecule has 0 aromatic heterocycles. The van der Waals surface area contributed by atoms with Crippen molar-refractivity contribution in [1.29, 1.82) is 0 Å². The molecule has 0 radical (unpaired) electrons. The lowest BCUT2D eigenvalue weighted by molar-refractivity contribution is -0.139. The lowest BCUT2D eigenvalue weighted by atomic mass is 9.92. The van der Waals surface area contributed by atoms with E-state index in [2.05, 4.69) is 23.4 Å². The van der Waals surface area contributed by atoms with Crippen LogP contribution in [-0.4, -0.2) is 62.3 Å². The molecule has 1 saturated heterocycles. The third kappa shape index (κ3) is 8.79. The molecule has 0 unspecified atom stereocenters. The smallest absolute Gasteiger partial charge is 0.417 e. The molecule has 2 fully saturated rings. The number of ether oxygens (including phenoxy) is 2. The van der Waals surface area contributed by atoms with Gasteiger partial charge in [-0.1, -0.05) is 43.0 Å². The van der Waals surface area contributed by atoms with Crippen molar-refractivity contribution in [3.8, 4) is 5.75 Å². The molecule has 42 heavy (non-hydrogen) atoms. The number of carbonyl (C=O) groups is 1. The molecule has 4 rings (SSSR count). The van der Waals surface area contributed by atoms with E-state index in [9.17, 15) is 18.0 Å². The highest BCUT2D eigenvalue weighted by atomic mass is 35.5. The molecule has 1 amide bonds. The maximum Gasteiger partial charge on any atom is 0.417 e. The standard InChI is InChI=1S/C32H37ClF3N3O3/c1-3-5-23(4-2)21-41-28-13-9-26(10-14-28)38-16-18-39(19-17-38)31(40)22-42-27-11-6-24(7-12-27)37-25-8-15-30(33)29(20-25)32(34,35)36/h3-5,8-10,13-15,20,24,27,37H,1-2,6-7,11-12,16-19,21-22H2/b23-5+. The molecule has 2 aliphatic rings. The third-order valence-corrected chi connectivity index (χ3v) is 7.92. The first-order valence-corrected chi connectivity index (χ1v) is 14.5. The molecular formula is C32H37ClF3N3O3. The van der Waals surface area contributed by atoms with Crippen molar-refractivity contribution in [3.63, 3.8) is 0 Å². The van der Waals surface area contributed by atoms with E-state index in [1.54, 1.807) is 18.2 Å². The van der Waals surface area contributed by atoms with Crippen LogP contribution in [0.4, 0.5) is 24.5 Å². The van der Waals surface area contributed by atoms with Crippen LogP contribution in [0.15, 0.2) is 79.4 Å². The van der Waals surface area contributed by atoms with Crippen LogP contribution in [0.2, 0.25) is 5.02 Å². The zero-order chi connectivity index (χ0) is 30.1. The summed E-state index contributed by atoms with van der Waals surface area (Å²) < 4.78 is 51.2. The van der Waals surface area contributed by atoms with Gasteiger partial charge in [-0.25, -0.2) is 0 Å². The van der Waals surface area contributed by atoms with Gasteiger partial charge in [-0.15, -0.1) is 0 Å². The van der Waals surface area contributed by atoms with Crippen LogP contribution < -0.4 is 15.0 Å². The fourth-order valence-electron chi connectivity index (χ4n) is 5.18. The van der Waals surface area contributed by atoms with E-state index in [4.69, 9.17) is 21.1 Å². The summed E-state index contributed by atoms with van der Waals surface area (Å²) in [4.78, 5) is 16.9. The highest BCUT2D eigenvalue weighted by Crippen LogP contribution is 2.37. The second-order valence-electron chi connectivity index (χ2n) is 10.5. The molecule has 1 N–H and O–H groups in total. The molecule has 2 aromatic carbocycles. The molecular weight excluding hydrogens is 567 g/mol. The first-order valence-electron chi connectivity index (χ1n) is 14.1. The van der Waals surface area contributed by atoms with Gasteiger partial charge in [0.15, 0.2) is 0 Å². The van der Waals surface area contributed by atoms with Gasteiger partial charge in [-0.05, 0) is 73.7 Å². The highest BCUT2D eigenvalue weighted by molar-refractivity contribution is 6.31. The fourth-order valence-corrected chi connectivity index (χ4v) is 5.41. The van der Waals surface area contributed by atoms with Gasteiger partial charge in [0.1, 0.15) is 19.0 Å². The van der Waals surface area contributed by atoms with Crippen molar-refractivity contribution in [1.82, 2.24) is 4.90 Å². The minimum absolute atomic E-state index is 0.0231. The first kappa shape index (κ1) is 31.5. The Labute approximate surface area is 250 Å². The van der Waals surface area contributed by atoms with E-state index in [0.717, 1.165) is 61.8 Å². The summed E-state index contributed by atoms with van der Waals surface area (Å²) in [5.74, 6) is 0.747. The minimum Gasteiger partial charge on any atom is -0.489 e. The average molecular weight is 604 g/mol. The molecule has 6 nitrogen and oxygen atoms in total. The second kappa shape index (κ2) is 14.6. The molecule has 1 aliphatic heterocycles. The number of carbonyl (C=O) groups excluding carboxylic acids is 1. The number of nitrogens with zero attached hydrogens (tertiary/aromatic N) is 2. The van der Waals surface area contributed by atoms with E-state index in [0.29, 0.717) is 25.4 Å². The van der Waals surface area contributed by atoms with Gasteiger partial charge >= 0.3 is 6.18 Å². The van der Waals surface area contributed by atoms with Crippen molar-refractivity contribution in [3.05, 3.63) is 90.0 Å². The molecule has 2 aromatic rings. The minimum atomic E-state index is -4.50. The quantitative estimate of drug-likeness (QED) is 0.277. The number of hydrogen-bond acceptors (Lipinski definition) is 5. The summed E-state index contributed by atoms with van der Waals surface area (Å²) in [5.41, 5.74) is 1.58. The van der Waals surface area contributed by atoms with Gasteiger partial charge in [0.05, 0.1) is 16.7 Å². The van der Waals surface area contributed by atoms with E-state index in [1.807, 2.05) is 35.2 Å². The summed E-state index contributed by atoms with van der Waals surface area (Å²) in [6.45, 7) is 10.6. The second-order valence-corrected chi connectivity index (χ2v) is 10.9. The van der Waals surface area contributed by atoms with Crippen LogP contribution in [0, 0.1) is 0 Å². The highest BCUT2D eigenvalue weighted by Gasteiger charge is 2.33. The monoisotopic (exact) mass is 603 g/mol. The maximum atomic E-state index is 13.2. The zero-order valence-corrected chi connectivity index (χ0v) is 24.3. The number of alkyl halides is 3. The topological polar surface area (TPSA) is 54.0 Å². The SMILES string of the molecule is C=C/C=C(\C=C)COc1ccc(N2CCN(C(=O)COC3CCC(Nc4ccc(Cl)c(C(F)(F)F)c4)CC3)CC2)cc1. The Morgan fingerprint density at radius 2 is 1.69 bits per heavy atom. The van der Waals surface area contributed by atoms with Crippen LogP contribution in [-0.2, 0) is 15.7 Å². The molecule has 226 valence electrons. The summed E-state index contributed by atoms with van der Waals surface area (Å²) in [6, 6.07) is 11.8. The van der Waals surface area contributed by atoms with Crippen LogP contribution in [0.25, 0.3) is 0 Å². The Bertz CT molecular complexity index is 1250. The van der Waals surface area contributed by atoms with Crippen molar-refractivity contribution in [2.45, 2.75) is 44.0 Å². The fraction of sp³-hybridized carbons (Fsp3) is 0.406. The summed E-state index contributed by atoms with van der Waals surface area (Å²) in [7, 11) is 0. The summed E-state index contributed by atoms with van der Waals surface area (Å²) in [5, 5.41) is 2.87. The van der Waals surface area contributed by atoms with Gasteiger partial charge in [0.25, 0.3) is 0 Å². The molecule has 0 bridgehead atoms. The number of anilines is 2. The predicted molar refractivity (Wildman–Crippen MR) is 161 cm³/mol. The van der Waals surface area contributed by atoms with Crippen LogP contribution in [0.1, 0.15) is 31.2 Å². The van der Waals surface area contributed by atoms with Crippen LogP contribution in [0.5, 0.6) is 5.75 Å². The summed E-state index contributed by atoms with van der Waals surface area (Å²) >= 11 is 5.72. The van der Waals surface area contributed by atoms with Gasteiger partial charge in [-0.2, -0.15) is 13.2 Å².